The molecule has 12 nitrogen and oxygen atoms in total. The lowest BCUT2D eigenvalue weighted by molar-refractivity contribution is -0.313. The Labute approximate surface area is 256 Å². The molecule has 3 aromatic rings. The molecule has 1 heterocycles. The number of aromatic nitrogens is 1. The summed E-state index contributed by atoms with van der Waals surface area (Å²) in [6.45, 7) is -3.41. The molecule has 0 amide bonds. The van der Waals surface area contributed by atoms with E-state index in [1.165, 1.54) is 12.1 Å². The number of thiocyanates is 1. The van der Waals surface area contributed by atoms with E-state index in [2.05, 4.69) is 22.2 Å². The highest BCUT2D eigenvalue weighted by atomic mass is 32.2. The summed E-state index contributed by atoms with van der Waals surface area (Å²) < 4.78 is 0. The Morgan fingerprint density at radius 2 is 1.18 bits per heavy atom. The number of aliphatic carboxylic acids is 4. The summed E-state index contributed by atoms with van der Waals surface area (Å²) in [6.07, 6.45) is 0.670. The third kappa shape index (κ3) is 8.89. The number of fused-ring (bicyclic) bond motifs is 3. The van der Waals surface area contributed by atoms with Gasteiger partial charge in [0.15, 0.2) is 0 Å². The molecule has 0 spiro atoms. The van der Waals surface area contributed by atoms with E-state index in [1.807, 2.05) is 36.4 Å². The molecule has 0 saturated carbocycles. The molecular weight excluding hydrogens is 588 g/mol. The van der Waals surface area contributed by atoms with Crippen molar-refractivity contribution in [3.8, 4) is 28.4 Å². The van der Waals surface area contributed by atoms with E-state index in [4.69, 9.17) is 5.26 Å². The van der Waals surface area contributed by atoms with Crippen molar-refractivity contribution < 1.29 is 39.6 Å². The number of rotatable bonds is 13. The number of carbonyl (C=O) groups excluding carboxylic acids is 4. The van der Waals surface area contributed by atoms with E-state index in [0.29, 0.717) is 17.5 Å². The number of nitriles is 1. The second kappa shape index (κ2) is 14.3. The minimum Gasteiger partial charge on any atom is -0.549 e. The van der Waals surface area contributed by atoms with Gasteiger partial charge in [-0.1, -0.05) is 24.0 Å². The predicted octanol–water partition coefficient (Wildman–Crippen LogP) is -2.77. The van der Waals surface area contributed by atoms with Crippen LogP contribution in [0.15, 0.2) is 53.4 Å². The monoisotopic (exact) mass is 610 g/mol. The molecule has 2 aromatic carbocycles. The van der Waals surface area contributed by atoms with Crippen molar-refractivity contribution in [2.75, 3.05) is 26.2 Å². The zero-order valence-corrected chi connectivity index (χ0v) is 23.8. The maximum absolute atomic E-state index is 11.2. The Bertz CT molecular complexity index is 1650. The first-order chi connectivity index (χ1) is 21.0. The van der Waals surface area contributed by atoms with Crippen molar-refractivity contribution in [3.05, 3.63) is 82.2 Å². The molecule has 13 heteroatoms. The second-order valence-electron chi connectivity index (χ2n) is 9.93. The van der Waals surface area contributed by atoms with E-state index < -0.39 is 50.1 Å². The van der Waals surface area contributed by atoms with Gasteiger partial charge in [0.1, 0.15) is 5.40 Å². The van der Waals surface area contributed by atoms with Crippen LogP contribution < -0.4 is 20.4 Å². The fourth-order valence-corrected chi connectivity index (χ4v) is 5.38. The highest BCUT2D eigenvalue weighted by Gasteiger charge is 2.19. The number of carbonyl (C=O) groups is 4. The van der Waals surface area contributed by atoms with Crippen LogP contribution in [-0.2, 0) is 38.7 Å². The van der Waals surface area contributed by atoms with E-state index in [9.17, 15) is 39.6 Å². The lowest BCUT2D eigenvalue weighted by atomic mass is 10.0. The van der Waals surface area contributed by atoms with Gasteiger partial charge in [0.2, 0.25) is 0 Å². The van der Waals surface area contributed by atoms with Gasteiger partial charge in [-0.15, -0.1) is 0 Å². The Morgan fingerprint density at radius 1 is 0.705 bits per heavy atom. The van der Waals surface area contributed by atoms with Gasteiger partial charge in [-0.2, -0.15) is 5.26 Å². The van der Waals surface area contributed by atoms with Gasteiger partial charge in [0, 0.05) is 55.3 Å². The molecule has 0 N–H and O–H groups in total. The fraction of sp³-hybridized carbons (Fsp3) is 0.226. The van der Waals surface area contributed by atoms with Crippen molar-refractivity contribution in [2.24, 2.45) is 0 Å². The summed E-state index contributed by atoms with van der Waals surface area (Å²) in [7, 11) is 0. The Kier molecular flexibility index (Phi) is 10.3. The lowest BCUT2D eigenvalue weighted by Crippen LogP contribution is -2.44. The summed E-state index contributed by atoms with van der Waals surface area (Å²) in [5.41, 5.74) is 5.78. The normalized spacial score (nSPS) is 11.3. The summed E-state index contributed by atoms with van der Waals surface area (Å²) in [6, 6.07) is 14.7. The molecule has 0 aliphatic heterocycles. The van der Waals surface area contributed by atoms with Crippen LogP contribution in [-0.4, -0.2) is 64.8 Å². The van der Waals surface area contributed by atoms with Gasteiger partial charge < -0.3 is 39.6 Å². The molecule has 0 radical (unpaired) electrons. The Balaban J connectivity index is 1.65. The lowest BCUT2D eigenvalue weighted by Gasteiger charge is -2.24. The Hall–Kier alpha value is -5.21. The van der Waals surface area contributed by atoms with Gasteiger partial charge in [-0.3, -0.25) is 14.8 Å². The maximum atomic E-state index is 11.2. The average molecular weight is 611 g/mol. The average Bonchev–Trinajstić information content (AvgIpc) is 3.27. The number of carboxylic acid groups (broad SMARTS) is 4. The molecule has 0 saturated heterocycles. The smallest absolute Gasteiger partial charge is 0.138 e. The van der Waals surface area contributed by atoms with Crippen molar-refractivity contribution >= 4 is 35.6 Å². The number of hydrogen-bond acceptors (Lipinski definition) is 13. The van der Waals surface area contributed by atoms with Crippen LogP contribution >= 0.6 is 11.8 Å². The predicted molar refractivity (Wildman–Crippen MR) is 147 cm³/mol. The zero-order chi connectivity index (χ0) is 31.8. The van der Waals surface area contributed by atoms with Crippen LogP contribution in [0.1, 0.15) is 33.6 Å². The molecule has 224 valence electrons. The minimum absolute atomic E-state index is 0.201. The van der Waals surface area contributed by atoms with Crippen LogP contribution in [0.2, 0.25) is 0 Å². The van der Waals surface area contributed by atoms with Gasteiger partial charge >= 0.3 is 0 Å². The van der Waals surface area contributed by atoms with Crippen molar-refractivity contribution in [1.82, 2.24) is 14.8 Å². The van der Waals surface area contributed by atoms with Gasteiger partial charge in [0.05, 0.1) is 35.3 Å². The van der Waals surface area contributed by atoms with Gasteiger partial charge in [-0.05, 0) is 76.8 Å². The van der Waals surface area contributed by atoms with Crippen molar-refractivity contribution in [3.63, 3.8) is 0 Å². The molecule has 0 fully saturated rings. The number of carboxylic acids is 4. The molecule has 1 aliphatic carbocycles. The maximum Gasteiger partial charge on any atom is 0.138 e. The summed E-state index contributed by atoms with van der Waals surface area (Å²) in [5, 5.41) is 55.7. The number of pyridine rings is 1. The first-order valence-electron chi connectivity index (χ1n) is 13.1. The Morgan fingerprint density at radius 3 is 1.68 bits per heavy atom. The quantitative estimate of drug-likeness (QED) is 0.0855. The number of benzene rings is 2. The van der Waals surface area contributed by atoms with Crippen LogP contribution in [0.25, 0.3) is 11.1 Å². The van der Waals surface area contributed by atoms with Gasteiger partial charge in [0.25, 0.3) is 0 Å². The minimum atomic E-state index is -1.52. The SMILES string of the molecule is N#CSc1ccc2c(c1)Cc1cc(C#Cc3cc(CN(CC(=O)[O-])CC(=O)[O-])nc(CN(CC(=O)[O-])CC(=O)[O-])c3)ccc1-2. The molecule has 44 heavy (non-hydrogen) atoms. The largest absolute Gasteiger partial charge is 0.549 e. The molecule has 0 unspecified atom stereocenters. The van der Waals surface area contributed by atoms with E-state index in [0.717, 1.165) is 48.7 Å². The molecule has 1 aromatic heterocycles. The molecule has 4 rings (SSSR count). The topological polar surface area (TPSA) is 204 Å². The first-order valence-corrected chi connectivity index (χ1v) is 13.9. The second-order valence-corrected chi connectivity index (χ2v) is 10.8. The third-order valence-electron chi connectivity index (χ3n) is 6.48. The first kappa shape index (κ1) is 31.7. The van der Waals surface area contributed by atoms with Crippen LogP contribution in [0.4, 0.5) is 0 Å². The van der Waals surface area contributed by atoms with Crippen LogP contribution in [0.3, 0.4) is 0 Å². The third-order valence-corrected chi connectivity index (χ3v) is 7.06. The highest BCUT2D eigenvalue weighted by Crippen LogP contribution is 2.38. The highest BCUT2D eigenvalue weighted by molar-refractivity contribution is 8.03. The number of nitrogens with zero attached hydrogens (tertiary/aromatic N) is 4. The van der Waals surface area contributed by atoms with E-state index in [1.54, 1.807) is 0 Å². The summed E-state index contributed by atoms with van der Waals surface area (Å²) >= 11 is 1.09. The summed E-state index contributed by atoms with van der Waals surface area (Å²) in [5.74, 6) is 0.00600. The standard InChI is InChI=1S/C31H26N4O8S/c32-18-44-25-4-6-27-22(11-25)10-21-7-19(3-5-26(21)27)1-2-20-8-23(12-34(14-28(36)37)15-29(38)39)33-24(9-20)13-35(16-30(40)41)17-31(42)43/h3-9,11H,10,12-17H2,(H,36,37)(H,38,39)(H,40,41)(H,42,43)/p-4. The summed E-state index contributed by atoms with van der Waals surface area (Å²) in [4.78, 5) is 52.0. The molecular formula is C31H22N4O8S-4. The van der Waals surface area contributed by atoms with Gasteiger partial charge in [-0.25, -0.2) is 0 Å². The van der Waals surface area contributed by atoms with Crippen molar-refractivity contribution in [2.45, 2.75) is 24.4 Å². The van der Waals surface area contributed by atoms with Crippen molar-refractivity contribution in [1.29, 1.82) is 5.26 Å². The van der Waals surface area contributed by atoms with Crippen LogP contribution in [0.5, 0.6) is 0 Å². The molecule has 0 atom stereocenters. The van der Waals surface area contributed by atoms with Crippen LogP contribution in [0, 0.1) is 22.5 Å². The van der Waals surface area contributed by atoms with E-state index >= 15 is 0 Å². The molecule has 1 aliphatic rings. The zero-order valence-electron chi connectivity index (χ0n) is 23.0. The van der Waals surface area contributed by atoms with E-state index in [-0.39, 0.29) is 24.5 Å². The number of hydrogen-bond donors (Lipinski definition) is 0. The fourth-order valence-electron chi connectivity index (χ4n) is 4.93. The number of thioether (sulfide) groups is 1. The molecule has 0 bridgehead atoms.